The number of fused-ring (bicyclic) bond motifs is 8. The molecule has 0 spiro atoms. The third kappa shape index (κ3) is 5.20. The summed E-state index contributed by atoms with van der Waals surface area (Å²) in [6.07, 6.45) is 0. The Labute approximate surface area is 347 Å². The molecule has 9 aromatic carbocycles. The lowest BCUT2D eigenvalue weighted by Gasteiger charge is -2.22. The minimum absolute atomic E-state index is 0.168. The standard InChI is InChI=1S/C56H37N3O/c1-56(2)49-25-12-10-21-42(49)43-28-27-35(33-50(43)56)53-57-54(47-31-29-36(34-15-4-3-5-16-34)37-17-6-8-19-39(37)47)59-55(58-53)48-32-30-41(38-18-7-9-20-40(38)48)45-23-14-24-46-44-22-11-13-26-51(44)60-52(45)46/h3-33H,1-2H3. The summed E-state index contributed by atoms with van der Waals surface area (Å²) in [4.78, 5) is 16.1. The van der Waals surface area contributed by atoms with Crippen LogP contribution in [-0.2, 0) is 5.41 Å². The van der Waals surface area contributed by atoms with Crippen LogP contribution in [0.25, 0.3) is 111 Å². The molecule has 0 fully saturated rings. The topological polar surface area (TPSA) is 51.8 Å². The van der Waals surface area contributed by atoms with E-state index >= 15 is 0 Å². The SMILES string of the molecule is CC1(C)c2ccccc2-c2ccc(-c3nc(-c4ccc(-c5ccccc5)c5ccccc45)nc(-c4ccc(-c5cccc6c5oc5ccccc56)c5ccccc45)n3)cc21. The van der Waals surface area contributed by atoms with Crippen molar-refractivity contribution in [2.75, 3.05) is 0 Å². The van der Waals surface area contributed by atoms with E-state index in [1.54, 1.807) is 0 Å². The van der Waals surface area contributed by atoms with Crippen molar-refractivity contribution in [3.8, 4) is 67.5 Å². The van der Waals surface area contributed by atoms with E-state index in [2.05, 4.69) is 190 Å². The molecule has 0 saturated carbocycles. The molecule has 4 nitrogen and oxygen atoms in total. The van der Waals surface area contributed by atoms with Gasteiger partial charge in [-0.2, -0.15) is 0 Å². The van der Waals surface area contributed by atoms with Gasteiger partial charge in [0.2, 0.25) is 0 Å². The van der Waals surface area contributed by atoms with Gasteiger partial charge in [0.05, 0.1) is 0 Å². The molecular formula is C56H37N3O. The largest absolute Gasteiger partial charge is 0.455 e. The summed E-state index contributed by atoms with van der Waals surface area (Å²) in [6, 6.07) is 66.6. The lowest BCUT2D eigenvalue weighted by atomic mass is 9.82. The molecule has 0 amide bonds. The summed E-state index contributed by atoms with van der Waals surface area (Å²) in [5.41, 5.74) is 14.1. The van der Waals surface area contributed by atoms with Crippen LogP contribution in [0.15, 0.2) is 192 Å². The van der Waals surface area contributed by atoms with E-state index in [0.717, 1.165) is 71.3 Å². The third-order valence-electron chi connectivity index (χ3n) is 12.6. The fraction of sp³-hybridized carbons (Fsp3) is 0.0536. The lowest BCUT2D eigenvalue weighted by molar-refractivity contribution is 0.660. The molecule has 2 aromatic heterocycles. The summed E-state index contributed by atoms with van der Waals surface area (Å²) >= 11 is 0. The minimum atomic E-state index is -0.168. The number of furan rings is 1. The van der Waals surface area contributed by atoms with Gasteiger partial charge in [-0.15, -0.1) is 0 Å². The highest BCUT2D eigenvalue weighted by molar-refractivity contribution is 6.13. The van der Waals surface area contributed by atoms with E-state index in [1.807, 2.05) is 12.1 Å². The van der Waals surface area contributed by atoms with E-state index < -0.39 is 0 Å². The summed E-state index contributed by atoms with van der Waals surface area (Å²) < 4.78 is 6.54. The van der Waals surface area contributed by atoms with Crippen LogP contribution in [0, 0.1) is 0 Å². The lowest BCUT2D eigenvalue weighted by Crippen LogP contribution is -2.15. The summed E-state index contributed by atoms with van der Waals surface area (Å²) in [5.74, 6) is 1.90. The van der Waals surface area contributed by atoms with Crippen molar-refractivity contribution in [2.24, 2.45) is 0 Å². The Bertz CT molecular complexity index is 3530. The second-order valence-corrected chi connectivity index (χ2v) is 16.3. The zero-order valence-corrected chi connectivity index (χ0v) is 33.1. The normalized spacial score (nSPS) is 13.0. The average molecular weight is 768 g/mol. The Balaban J connectivity index is 1.08. The molecule has 12 rings (SSSR count). The van der Waals surface area contributed by atoms with Gasteiger partial charge in [0.25, 0.3) is 0 Å². The zero-order chi connectivity index (χ0) is 40.0. The molecule has 0 N–H and O–H groups in total. The Morgan fingerprint density at radius 3 is 1.57 bits per heavy atom. The number of rotatable bonds is 5. The van der Waals surface area contributed by atoms with E-state index in [4.69, 9.17) is 19.4 Å². The second-order valence-electron chi connectivity index (χ2n) is 16.3. The van der Waals surface area contributed by atoms with Gasteiger partial charge in [-0.25, -0.2) is 15.0 Å². The van der Waals surface area contributed by atoms with Crippen molar-refractivity contribution in [3.63, 3.8) is 0 Å². The molecule has 1 aliphatic carbocycles. The van der Waals surface area contributed by atoms with Gasteiger partial charge < -0.3 is 4.42 Å². The molecule has 0 aliphatic heterocycles. The minimum Gasteiger partial charge on any atom is -0.455 e. The highest BCUT2D eigenvalue weighted by atomic mass is 16.3. The predicted molar refractivity (Wildman–Crippen MR) is 247 cm³/mol. The molecular weight excluding hydrogens is 731 g/mol. The molecule has 0 unspecified atom stereocenters. The van der Waals surface area contributed by atoms with Crippen molar-refractivity contribution in [2.45, 2.75) is 19.3 Å². The zero-order valence-electron chi connectivity index (χ0n) is 33.1. The van der Waals surface area contributed by atoms with E-state index in [-0.39, 0.29) is 5.41 Å². The van der Waals surface area contributed by atoms with Crippen LogP contribution >= 0.6 is 0 Å². The quantitative estimate of drug-likeness (QED) is 0.175. The number of hydrogen-bond donors (Lipinski definition) is 0. The fourth-order valence-corrected chi connectivity index (χ4v) is 9.64. The van der Waals surface area contributed by atoms with Crippen LogP contribution in [0.5, 0.6) is 0 Å². The highest BCUT2D eigenvalue weighted by Crippen LogP contribution is 2.50. The molecule has 282 valence electrons. The Kier molecular flexibility index (Phi) is 7.54. The van der Waals surface area contributed by atoms with Crippen molar-refractivity contribution in [3.05, 3.63) is 199 Å². The smallest absolute Gasteiger partial charge is 0.164 e. The number of nitrogens with zero attached hydrogens (tertiary/aromatic N) is 3. The van der Waals surface area contributed by atoms with Gasteiger partial charge in [0.1, 0.15) is 11.2 Å². The molecule has 0 bridgehead atoms. The van der Waals surface area contributed by atoms with E-state index in [9.17, 15) is 0 Å². The molecule has 1 aliphatic rings. The second kappa shape index (κ2) is 13.2. The van der Waals surface area contributed by atoms with Crippen LogP contribution in [-0.4, -0.2) is 15.0 Å². The number of aromatic nitrogens is 3. The maximum absolute atomic E-state index is 6.54. The van der Waals surface area contributed by atoms with Crippen molar-refractivity contribution >= 4 is 43.5 Å². The molecule has 0 radical (unpaired) electrons. The van der Waals surface area contributed by atoms with Gasteiger partial charge in [0, 0.05) is 38.4 Å². The maximum Gasteiger partial charge on any atom is 0.164 e. The van der Waals surface area contributed by atoms with Crippen molar-refractivity contribution in [1.29, 1.82) is 0 Å². The summed E-state index contributed by atoms with van der Waals surface area (Å²) in [6.45, 7) is 4.62. The van der Waals surface area contributed by atoms with Gasteiger partial charge >= 0.3 is 0 Å². The number of para-hydroxylation sites is 2. The average Bonchev–Trinajstić information content (AvgIpc) is 3.80. The molecule has 0 atom stereocenters. The Morgan fingerprint density at radius 1 is 0.333 bits per heavy atom. The molecule has 4 heteroatoms. The first kappa shape index (κ1) is 34.4. The fourth-order valence-electron chi connectivity index (χ4n) is 9.64. The van der Waals surface area contributed by atoms with E-state index in [0.29, 0.717) is 17.5 Å². The molecule has 60 heavy (non-hydrogen) atoms. The first-order valence-corrected chi connectivity index (χ1v) is 20.5. The van der Waals surface area contributed by atoms with Crippen LogP contribution in [0.2, 0.25) is 0 Å². The molecule has 2 heterocycles. The summed E-state index contributed by atoms with van der Waals surface area (Å²) in [5, 5.41) is 6.61. The first-order valence-electron chi connectivity index (χ1n) is 20.5. The van der Waals surface area contributed by atoms with E-state index in [1.165, 1.54) is 33.4 Å². The summed E-state index contributed by atoms with van der Waals surface area (Å²) in [7, 11) is 0. The van der Waals surface area contributed by atoms with Gasteiger partial charge in [-0.3, -0.25) is 0 Å². The van der Waals surface area contributed by atoms with Crippen molar-refractivity contribution in [1.82, 2.24) is 15.0 Å². The monoisotopic (exact) mass is 767 g/mol. The Morgan fingerprint density at radius 2 is 0.833 bits per heavy atom. The highest BCUT2D eigenvalue weighted by Gasteiger charge is 2.35. The Hall–Kier alpha value is -7.69. The maximum atomic E-state index is 6.54. The van der Waals surface area contributed by atoms with Crippen LogP contribution < -0.4 is 0 Å². The number of hydrogen-bond acceptors (Lipinski definition) is 4. The van der Waals surface area contributed by atoms with Gasteiger partial charge in [0.15, 0.2) is 17.5 Å². The third-order valence-corrected chi connectivity index (χ3v) is 12.6. The molecule has 0 saturated heterocycles. The van der Waals surface area contributed by atoms with Gasteiger partial charge in [-0.05, 0) is 84.8 Å². The van der Waals surface area contributed by atoms with Crippen LogP contribution in [0.1, 0.15) is 25.0 Å². The van der Waals surface area contributed by atoms with Crippen molar-refractivity contribution < 1.29 is 4.42 Å². The number of benzene rings is 9. The van der Waals surface area contributed by atoms with Gasteiger partial charge in [-0.1, -0.05) is 178 Å². The van der Waals surface area contributed by atoms with Crippen LogP contribution in [0.3, 0.4) is 0 Å². The van der Waals surface area contributed by atoms with Crippen LogP contribution in [0.4, 0.5) is 0 Å². The predicted octanol–water partition coefficient (Wildman–Crippen LogP) is 14.7. The first-order chi connectivity index (χ1) is 29.5. The molecule has 11 aromatic rings.